The number of fused-ring (bicyclic) bond motifs is 1. The summed E-state index contributed by atoms with van der Waals surface area (Å²) in [4.78, 5) is 20.8. The maximum atomic E-state index is 13.1. The van der Waals surface area contributed by atoms with Gasteiger partial charge < -0.3 is 15.3 Å². The fraction of sp³-hybridized carbons (Fsp3) is 0.464. The van der Waals surface area contributed by atoms with Crippen LogP contribution in [-0.2, 0) is 14.8 Å². The van der Waals surface area contributed by atoms with Gasteiger partial charge in [-0.25, -0.2) is 27.3 Å². The van der Waals surface area contributed by atoms with E-state index in [0.29, 0.717) is 24.3 Å². The van der Waals surface area contributed by atoms with Gasteiger partial charge in [-0.2, -0.15) is 18.2 Å². The van der Waals surface area contributed by atoms with Crippen LogP contribution in [0.25, 0.3) is 10.9 Å². The number of benzene rings is 2. The number of hydrogen-bond acceptors (Lipinski definition) is 7. The lowest BCUT2D eigenvalue weighted by Crippen LogP contribution is -2.32. The molecule has 42 heavy (non-hydrogen) atoms. The number of alkyl halides is 3. The number of rotatable bonds is 10. The van der Waals surface area contributed by atoms with Crippen molar-refractivity contribution in [3.8, 4) is 0 Å². The summed E-state index contributed by atoms with van der Waals surface area (Å²) in [6.07, 6.45) is -1.12. The molecule has 1 aromatic heterocycles. The Morgan fingerprint density at radius 2 is 1.50 bits per heavy atom. The Kier molecular flexibility index (Phi) is 11.5. The van der Waals surface area contributed by atoms with Gasteiger partial charge in [0.15, 0.2) is 0 Å². The number of nitrogens with zero attached hydrogens (tertiary/aromatic N) is 3. The fourth-order valence-electron chi connectivity index (χ4n) is 4.70. The van der Waals surface area contributed by atoms with E-state index in [-0.39, 0.29) is 4.90 Å². The molecule has 0 saturated heterocycles. The predicted molar refractivity (Wildman–Crippen MR) is 152 cm³/mol. The molecule has 1 fully saturated rings. The van der Waals surface area contributed by atoms with Gasteiger partial charge in [-0.1, -0.05) is 12.1 Å². The van der Waals surface area contributed by atoms with Crippen LogP contribution in [0.4, 0.5) is 29.3 Å². The van der Waals surface area contributed by atoms with Gasteiger partial charge in [-0.15, -0.1) is 0 Å². The van der Waals surface area contributed by atoms with E-state index in [1.54, 1.807) is 0 Å². The van der Waals surface area contributed by atoms with Crippen molar-refractivity contribution in [3.63, 3.8) is 0 Å². The number of nitrogens with one attached hydrogen (secondary N) is 2. The van der Waals surface area contributed by atoms with E-state index in [4.69, 9.17) is 19.9 Å². The lowest BCUT2D eigenvalue weighted by Gasteiger charge is -2.29. The molecule has 0 aliphatic heterocycles. The van der Waals surface area contributed by atoms with Crippen LogP contribution in [0, 0.1) is 17.7 Å². The first kappa shape index (κ1) is 33.0. The van der Waals surface area contributed by atoms with Crippen LogP contribution in [0.2, 0.25) is 0 Å². The molecule has 4 rings (SSSR count). The summed E-state index contributed by atoms with van der Waals surface area (Å²) in [5.41, 5.74) is 0.934. The van der Waals surface area contributed by atoms with E-state index >= 15 is 0 Å². The number of para-hydroxylation sites is 1. The quantitative estimate of drug-likeness (QED) is 0.258. The second-order valence-electron chi connectivity index (χ2n) is 9.94. The van der Waals surface area contributed by atoms with Crippen molar-refractivity contribution in [1.82, 2.24) is 14.7 Å². The highest BCUT2D eigenvalue weighted by molar-refractivity contribution is 7.89. The molecule has 1 aliphatic carbocycles. The van der Waals surface area contributed by atoms with Crippen molar-refractivity contribution < 1.29 is 35.9 Å². The van der Waals surface area contributed by atoms with Crippen LogP contribution in [0.1, 0.15) is 39.5 Å². The van der Waals surface area contributed by atoms with Crippen molar-refractivity contribution in [2.45, 2.75) is 50.6 Å². The Bertz CT molecular complexity index is 1430. The second-order valence-corrected chi connectivity index (χ2v) is 11.7. The Morgan fingerprint density at radius 3 is 2.05 bits per heavy atom. The summed E-state index contributed by atoms with van der Waals surface area (Å²) < 4.78 is 72.4. The molecule has 0 bridgehead atoms. The average molecular weight is 614 g/mol. The first-order valence-electron chi connectivity index (χ1n) is 13.6. The first-order valence-corrected chi connectivity index (χ1v) is 15.1. The SMILES string of the molecule is CCN(CC)c1nc(NCC2CCC(CNS(=O)(=O)c3ccc(F)cc3)CC2)nc2ccccc12.O=C(O)C(F)(F)F. The van der Waals surface area contributed by atoms with Gasteiger partial charge in [0.2, 0.25) is 16.0 Å². The Labute approximate surface area is 242 Å². The summed E-state index contributed by atoms with van der Waals surface area (Å²) >= 11 is 0. The van der Waals surface area contributed by atoms with Gasteiger partial charge in [-0.3, -0.25) is 0 Å². The maximum absolute atomic E-state index is 13.1. The number of aromatic nitrogens is 2. The summed E-state index contributed by atoms with van der Waals surface area (Å²) in [7, 11) is -3.62. The van der Waals surface area contributed by atoms with Crippen LogP contribution in [0.3, 0.4) is 0 Å². The zero-order chi connectivity index (χ0) is 30.9. The lowest BCUT2D eigenvalue weighted by molar-refractivity contribution is -0.192. The van der Waals surface area contributed by atoms with Crippen LogP contribution >= 0.6 is 0 Å². The summed E-state index contributed by atoms with van der Waals surface area (Å²) in [6, 6.07) is 13.0. The Balaban J connectivity index is 0.000000616. The number of halogens is 4. The molecule has 3 aromatic rings. The van der Waals surface area contributed by atoms with E-state index in [2.05, 4.69) is 34.9 Å². The Morgan fingerprint density at radius 1 is 0.952 bits per heavy atom. The molecule has 230 valence electrons. The molecule has 0 radical (unpaired) electrons. The summed E-state index contributed by atoms with van der Waals surface area (Å²) in [5, 5.41) is 11.6. The second kappa shape index (κ2) is 14.6. The fourth-order valence-corrected chi connectivity index (χ4v) is 5.82. The molecule has 1 saturated carbocycles. The normalized spacial score (nSPS) is 17.3. The molecule has 1 heterocycles. The van der Waals surface area contributed by atoms with E-state index in [1.165, 1.54) is 12.1 Å². The molecule has 0 atom stereocenters. The van der Waals surface area contributed by atoms with E-state index in [0.717, 1.165) is 74.2 Å². The monoisotopic (exact) mass is 613 g/mol. The third-order valence-electron chi connectivity index (χ3n) is 7.09. The molecule has 0 amide bonds. The standard InChI is InChI=1S/C26H34FN5O2S.C2HF3O2/c1-3-32(4-2)25-23-7-5-6-8-24(23)30-26(31-25)28-17-19-9-11-20(12-10-19)18-29-35(33,34)22-15-13-21(27)14-16-22;3-2(4,5)1(6)7/h5-8,13-16,19-20,29H,3-4,9-12,17-18H2,1-2H3,(H,28,30,31);(H,6,7). The molecule has 0 unspecified atom stereocenters. The molecular formula is C28H35F4N5O4S. The molecule has 3 N–H and O–H groups in total. The number of anilines is 2. The van der Waals surface area contributed by atoms with Crippen LogP contribution < -0.4 is 14.9 Å². The van der Waals surface area contributed by atoms with Crippen molar-refractivity contribution in [3.05, 3.63) is 54.3 Å². The van der Waals surface area contributed by atoms with Gasteiger partial charge in [0.25, 0.3) is 0 Å². The zero-order valence-electron chi connectivity index (χ0n) is 23.4. The minimum Gasteiger partial charge on any atom is -0.475 e. The molecular weight excluding hydrogens is 578 g/mol. The van der Waals surface area contributed by atoms with Gasteiger partial charge in [0.05, 0.1) is 10.4 Å². The number of carboxylic acid groups (broad SMARTS) is 1. The molecule has 9 nitrogen and oxygen atoms in total. The third-order valence-corrected chi connectivity index (χ3v) is 8.53. The molecule has 0 spiro atoms. The smallest absolute Gasteiger partial charge is 0.475 e. The van der Waals surface area contributed by atoms with Gasteiger partial charge in [-0.05, 0) is 87.8 Å². The predicted octanol–water partition coefficient (Wildman–Crippen LogP) is 5.45. The molecule has 1 aliphatic rings. The van der Waals surface area contributed by atoms with E-state index in [1.807, 2.05) is 18.2 Å². The van der Waals surface area contributed by atoms with Crippen molar-refractivity contribution in [1.29, 1.82) is 0 Å². The van der Waals surface area contributed by atoms with Gasteiger partial charge >= 0.3 is 12.1 Å². The summed E-state index contributed by atoms with van der Waals surface area (Å²) in [5.74, 6) is -0.804. The molecule has 14 heteroatoms. The lowest BCUT2D eigenvalue weighted by atomic mass is 9.82. The number of hydrogen-bond donors (Lipinski definition) is 3. The number of sulfonamides is 1. The topological polar surface area (TPSA) is 125 Å². The van der Waals surface area contributed by atoms with E-state index in [9.17, 15) is 26.0 Å². The number of carboxylic acids is 1. The minimum atomic E-state index is -5.08. The van der Waals surface area contributed by atoms with E-state index < -0.39 is 28.0 Å². The Hall–Kier alpha value is -3.52. The van der Waals surface area contributed by atoms with Crippen LogP contribution in [0.5, 0.6) is 0 Å². The minimum absolute atomic E-state index is 0.0938. The van der Waals surface area contributed by atoms with Gasteiger partial charge in [0, 0.05) is 31.6 Å². The number of carbonyl (C=O) groups is 1. The summed E-state index contributed by atoms with van der Waals surface area (Å²) in [6.45, 7) is 7.22. The van der Waals surface area contributed by atoms with Crippen LogP contribution in [0.15, 0.2) is 53.4 Å². The molecule has 2 aromatic carbocycles. The maximum Gasteiger partial charge on any atom is 0.490 e. The van der Waals surface area contributed by atoms with Crippen LogP contribution in [-0.4, -0.2) is 61.8 Å². The number of aliphatic carboxylic acids is 1. The van der Waals surface area contributed by atoms with Crippen molar-refractivity contribution in [2.75, 3.05) is 36.4 Å². The highest BCUT2D eigenvalue weighted by atomic mass is 32.2. The highest BCUT2D eigenvalue weighted by Crippen LogP contribution is 2.30. The first-order chi connectivity index (χ1) is 19.8. The van der Waals surface area contributed by atoms with Gasteiger partial charge in [0.1, 0.15) is 11.6 Å². The van der Waals surface area contributed by atoms with Crippen molar-refractivity contribution in [2.24, 2.45) is 11.8 Å². The largest absolute Gasteiger partial charge is 0.490 e. The third kappa shape index (κ3) is 9.24. The zero-order valence-corrected chi connectivity index (χ0v) is 24.2. The highest BCUT2D eigenvalue weighted by Gasteiger charge is 2.38. The van der Waals surface area contributed by atoms with Crippen molar-refractivity contribution >= 4 is 38.7 Å². The average Bonchev–Trinajstić information content (AvgIpc) is 2.96.